The molecule has 1 aliphatic heterocycles. The summed E-state index contributed by atoms with van der Waals surface area (Å²) in [5.74, 6) is 0.273. The molecule has 1 aromatic rings. The van der Waals surface area contributed by atoms with Crippen LogP contribution in [-0.4, -0.2) is 12.3 Å². The Morgan fingerprint density at radius 3 is 2.73 bits per heavy atom. The van der Waals surface area contributed by atoms with Crippen molar-refractivity contribution in [2.24, 2.45) is 0 Å². The van der Waals surface area contributed by atoms with Crippen LogP contribution in [0.1, 0.15) is 18.4 Å². The number of nitrogens with zero attached hydrogens (tertiary/aromatic N) is 1. The van der Waals surface area contributed by atoms with Gasteiger partial charge in [0.1, 0.15) is 0 Å². The van der Waals surface area contributed by atoms with Gasteiger partial charge in [-0.1, -0.05) is 18.2 Å². The molecule has 2 heteroatoms. The molecule has 1 aliphatic carbocycles. The molecule has 2 nitrogen and oxygen atoms in total. The highest BCUT2D eigenvalue weighted by Crippen LogP contribution is 2.33. The molecule has 0 saturated carbocycles. The first-order chi connectivity index (χ1) is 7.34. The van der Waals surface area contributed by atoms with E-state index in [1.54, 1.807) is 0 Å². The molecule has 0 aromatic heterocycles. The van der Waals surface area contributed by atoms with Gasteiger partial charge in [-0.2, -0.15) is 0 Å². The SMILES string of the molecule is O=C1C=C(N2CCc3ccccc32)CC1. The zero-order chi connectivity index (χ0) is 10.3. The van der Waals surface area contributed by atoms with E-state index < -0.39 is 0 Å². The molecule has 76 valence electrons. The number of hydrogen-bond donors (Lipinski definition) is 0. The zero-order valence-corrected chi connectivity index (χ0v) is 8.57. The number of carbonyl (C=O) groups is 1. The third kappa shape index (κ3) is 1.37. The number of carbonyl (C=O) groups excluding carboxylic acids is 1. The van der Waals surface area contributed by atoms with Gasteiger partial charge in [0, 0.05) is 30.4 Å². The minimum absolute atomic E-state index is 0.273. The Morgan fingerprint density at radius 2 is 1.93 bits per heavy atom. The van der Waals surface area contributed by atoms with Gasteiger partial charge in [-0.3, -0.25) is 4.79 Å². The second-order valence-electron chi connectivity index (χ2n) is 4.13. The Kier molecular flexibility index (Phi) is 1.88. The Hall–Kier alpha value is -1.57. The molecule has 15 heavy (non-hydrogen) atoms. The van der Waals surface area contributed by atoms with Crippen molar-refractivity contribution >= 4 is 11.5 Å². The standard InChI is InChI=1S/C13H13NO/c15-12-6-5-11(9-12)14-8-7-10-3-1-2-4-13(10)14/h1-4,9H,5-8H2. The van der Waals surface area contributed by atoms with Crippen molar-refractivity contribution in [2.45, 2.75) is 19.3 Å². The van der Waals surface area contributed by atoms with Crippen LogP contribution in [0.15, 0.2) is 36.0 Å². The van der Waals surface area contributed by atoms with Gasteiger partial charge in [0.25, 0.3) is 0 Å². The predicted molar refractivity (Wildman–Crippen MR) is 59.8 cm³/mol. The molecular formula is C13H13NO. The summed E-state index contributed by atoms with van der Waals surface area (Å²) in [6.45, 7) is 1.03. The Balaban J connectivity index is 1.97. The maximum absolute atomic E-state index is 11.2. The summed E-state index contributed by atoms with van der Waals surface area (Å²) in [5, 5.41) is 0. The molecule has 0 atom stereocenters. The van der Waals surface area contributed by atoms with Crippen molar-refractivity contribution in [1.82, 2.24) is 0 Å². The van der Waals surface area contributed by atoms with Crippen LogP contribution in [0.4, 0.5) is 5.69 Å². The average molecular weight is 199 g/mol. The monoisotopic (exact) mass is 199 g/mol. The van der Waals surface area contributed by atoms with Crippen LogP contribution in [0.25, 0.3) is 0 Å². The van der Waals surface area contributed by atoms with E-state index in [0.29, 0.717) is 6.42 Å². The summed E-state index contributed by atoms with van der Waals surface area (Å²) in [6.07, 6.45) is 4.50. The lowest BCUT2D eigenvalue weighted by Crippen LogP contribution is -2.18. The second-order valence-corrected chi connectivity index (χ2v) is 4.13. The van der Waals surface area contributed by atoms with Crippen molar-refractivity contribution in [3.05, 3.63) is 41.6 Å². The number of para-hydroxylation sites is 1. The fourth-order valence-corrected chi connectivity index (χ4v) is 2.43. The van der Waals surface area contributed by atoms with Gasteiger partial charge in [0.15, 0.2) is 5.78 Å². The van der Waals surface area contributed by atoms with Crippen molar-refractivity contribution < 1.29 is 4.79 Å². The molecule has 0 spiro atoms. The van der Waals surface area contributed by atoms with E-state index in [4.69, 9.17) is 0 Å². The highest BCUT2D eigenvalue weighted by molar-refractivity contribution is 5.94. The van der Waals surface area contributed by atoms with Gasteiger partial charge in [0.2, 0.25) is 0 Å². The Labute approximate surface area is 89.2 Å². The van der Waals surface area contributed by atoms with Gasteiger partial charge >= 0.3 is 0 Å². The van der Waals surface area contributed by atoms with Crippen LogP contribution in [0.5, 0.6) is 0 Å². The average Bonchev–Trinajstić information content (AvgIpc) is 2.83. The predicted octanol–water partition coefficient (Wildman–Crippen LogP) is 2.30. The maximum atomic E-state index is 11.2. The normalized spacial score (nSPS) is 19.3. The van der Waals surface area contributed by atoms with Gasteiger partial charge in [-0.15, -0.1) is 0 Å². The molecule has 3 rings (SSSR count). The van der Waals surface area contributed by atoms with Crippen molar-refractivity contribution in [3.8, 4) is 0 Å². The topological polar surface area (TPSA) is 20.3 Å². The number of anilines is 1. The summed E-state index contributed by atoms with van der Waals surface area (Å²) in [6, 6.07) is 8.46. The molecular weight excluding hydrogens is 186 g/mol. The van der Waals surface area contributed by atoms with Crippen LogP contribution >= 0.6 is 0 Å². The van der Waals surface area contributed by atoms with Crippen LogP contribution in [0.2, 0.25) is 0 Å². The fourth-order valence-electron chi connectivity index (χ4n) is 2.43. The van der Waals surface area contributed by atoms with E-state index >= 15 is 0 Å². The lowest BCUT2D eigenvalue weighted by molar-refractivity contribution is -0.114. The first-order valence-corrected chi connectivity index (χ1v) is 5.43. The van der Waals surface area contributed by atoms with Crippen LogP contribution in [-0.2, 0) is 11.2 Å². The number of hydrogen-bond acceptors (Lipinski definition) is 2. The third-order valence-corrected chi connectivity index (χ3v) is 3.19. The van der Waals surface area contributed by atoms with E-state index in [1.807, 2.05) is 6.08 Å². The van der Waals surface area contributed by atoms with Crippen LogP contribution in [0, 0.1) is 0 Å². The van der Waals surface area contributed by atoms with Crippen molar-refractivity contribution in [3.63, 3.8) is 0 Å². The smallest absolute Gasteiger partial charge is 0.157 e. The van der Waals surface area contributed by atoms with Gasteiger partial charge < -0.3 is 4.90 Å². The number of fused-ring (bicyclic) bond motifs is 1. The van der Waals surface area contributed by atoms with Gasteiger partial charge in [0.05, 0.1) is 0 Å². The molecule has 1 aromatic carbocycles. The second kappa shape index (κ2) is 3.23. The minimum atomic E-state index is 0.273. The minimum Gasteiger partial charge on any atom is -0.344 e. The van der Waals surface area contributed by atoms with Gasteiger partial charge in [-0.25, -0.2) is 0 Å². The van der Waals surface area contributed by atoms with Gasteiger partial charge in [-0.05, 0) is 24.5 Å². The molecule has 0 bridgehead atoms. The zero-order valence-electron chi connectivity index (χ0n) is 8.57. The van der Waals surface area contributed by atoms with Crippen LogP contribution < -0.4 is 4.90 Å². The number of rotatable bonds is 1. The lowest BCUT2D eigenvalue weighted by Gasteiger charge is -2.20. The van der Waals surface area contributed by atoms with E-state index in [1.165, 1.54) is 16.9 Å². The number of ketones is 1. The first-order valence-electron chi connectivity index (χ1n) is 5.43. The van der Waals surface area contributed by atoms with E-state index in [9.17, 15) is 4.79 Å². The Morgan fingerprint density at radius 1 is 1.07 bits per heavy atom. The van der Waals surface area contributed by atoms with Crippen molar-refractivity contribution in [1.29, 1.82) is 0 Å². The maximum Gasteiger partial charge on any atom is 0.157 e. The highest BCUT2D eigenvalue weighted by Gasteiger charge is 2.24. The molecule has 0 amide bonds. The van der Waals surface area contributed by atoms with E-state index in [-0.39, 0.29) is 5.78 Å². The van der Waals surface area contributed by atoms with Crippen molar-refractivity contribution in [2.75, 3.05) is 11.4 Å². The lowest BCUT2D eigenvalue weighted by atomic mass is 10.2. The van der Waals surface area contributed by atoms with Crippen LogP contribution in [0.3, 0.4) is 0 Å². The quantitative estimate of drug-likeness (QED) is 0.691. The molecule has 1 heterocycles. The summed E-state index contributed by atoms with van der Waals surface area (Å²) in [5.41, 5.74) is 3.89. The van der Waals surface area contributed by atoms with E-state index in [2.05, 4.69) is 29.2 Å². The number of allylic oxidation sites excluding steroid dienone is 2. The highest BCUT2D eigenvalue weighted by atomic mass is 16.1. The summed E-state index contributed by atoms with van der Waals surface area (Å²) < 4.78 is 0. The van der Waals surface area contributed by atoms with E-state index in [0.717, 1.165) is 19.4 Å². The molecule has 0 unspecified atom stereocenters. The molecule has 0 N–H and O–H groups in total. The molecule has 2 aliphatic rings. The fraction of sp³-hybridized carbons (Fsp3) is 0.308. The summed E-state index contributed by atoms with van der Waals surface area (Å²) in [7, 11) is 0. The molecule has 0 fully saturated rings. The largest absolute Gasteiger partial charge is 0.344 e. The third-order valence-electron chi connectivity index (χ3n) is 3.19. The molecule has 0 radical (unpaired) electrons. The summed E-state index contributed by atoms with van der Waals surface area (Å²) >= 11 is 0. The Bertz CT molecular complexity index is 448. The number of benzene rings is 1. The summed E-state index contributed by atoms with van der Waals surface area (Å²) in [4.78, 5) is 13.5. The first kappa shape index (κ1) is 8.72. The molecule has 0 saturated heterocycles.